The van der Waals surface area contributed by atoms with Gasteiger partial charge in [-0.3, -0.25) is 9.59 Å². The highest BCUT2D eigenvalue weighted by molar-refractivity contribution is 5.93. The van der Waals surface area contributed by atoms with Crippen LogP contribution in [0.4, 0.5) is 5.69 Å². The number of carbonyl (C=O) groups is 2. The molecule has 0 saturated heterocycles. The van der Waals surface area contributed by atoms with Crippen molar-refractivity contribution in [2.24, 2.45) is 0 Å². The van der Waals surface area contributed by atoms with Gasteiger partial charge in [-0.15, -0.1) is 0 Å². The highest BCUT2D eigenvalue weighted by atomic mass is 16.5. The molecule has 120 valence electrons. The van der Waals surface area contributed by atoms with Crippen LogP contribution >= 0.6 is 0 Å². The summed E-state index contributed by atoms with van der Waals surface area (Å²) in [5, 5.41) is 0. The topological polar surface area (TPSA) is 55.8 Å². The predicted molar refractivity (Wildman–Crippen MR) is 88.3 cm³/mol. The quantitative estimate of drug-likeness (QED) is 0.738. The Balaban J connectivity index is 2.05. The molecule has 0 radical (unpaired) electrons. The molecule has 0 unspecified atom stereocenters. The van der Waals surface area contributed by atoms with Crippen molar-refractivity contribution in [3.8, 4) is 11.5 Å². The van der Waals surface area contributed by atoms with Crippen LogP contribution in [0.3, 0.4) is 0 Å². The third kappa shape index (κ3) is 4.32. The summed E-state index contributed by atoms with van der Waals surface area (Å²) >= 11 is 0. The van der Waals surface area contributed by atoms with E-state index in [0.717, 1.165) is 12.0 Å². The molecule has 0 aliphatic carbocycles. The van der Waals surface area contributed by atoms with E-state index in [1.165, 1.54) is 4.90 Å². The van der Waals surface area contributed by atoms with E-state index < -0.39 is 0 Å². The van der Waals surface area contributed by atoms with Gasteiger partial charge >= 0.3 is 0 Å². The van der Waals surface area contributed by atoms with Crippen LogP contribution in [0.5, 0.6) is 11.5 Å². The number of aldehydes is 1. The number of hydrogen-bond acceptors (Lipinski definition) is 4. The van der Waals surface area contributed by atoms with Crippen molar-refractivity contribution >= 4 is 17.9 Å². The number of carbonyl (C=O) groups excluding carboxylic acids is 2. The largest absolute Gasteiger partial charge is 0.490 e. The molecule has 0 bridgehead atoms. The van der Waals surface area contributed by atoms with Crippen molar-refractivity contribution in [2.75, 3.05) is 25.2 Å². The summed E-state index contributed by atoms with van der Waals surface area (Å²) in [4.78, 5) is 24.6. The first-order valence-corrected chi connectivity index (χ1v) is 7.32. The summed E-state index contributed by atoms with van der Waals surface area (Å²) in [5.41, 5.74) is 1.29. The Hall–Kier alpha value is -2.82. The molecule has 23 heavy (non-hydrogen) atoms. The van der Waals surface area contributed by atoms with Gasteiger partial charge in [0.15, 0.2) is 18.1 Å². The normalized spacial score (nSPS) is 10.0. The van der Waals surface area contributed by atoms with Gasteiger partial charge in [0.1, 0.15) is 6.29 Å². The zero-order chi connectivity index (χ0) is 16.7. The van der Waals surface area contributed by atoms with Gasteiger partial charge in [-0.1, -0.05) is 18.2 Å². The van der Waals surface area contributed by atoms with Crippen molar-refractivity contribution in [3.05, 3.63) is 54.1 Å². The SMILES string of the molecule is CCOc1cc(C=O)ccc1OCC(=O)N(C)c1ccccc1. The average Bonchev–Trinajstić information content (AvgIpc) is 2.60. The molecule has 0 aliphatic heterocycles. The Bertz CT molecular complexity index is 670. The van der Waals surface area contributed by atoms with Gasteiger partial charge in [0, 0.05) is 18.3 Å². The van der Waals surface area contributed by atoms with Crippen molar-refractivity contribution < 1.29 is 19.1 Å². The number of benzene rings is 2. The molecule has 5 heteroatoms. The molecule has 5 nitrogen and oxygen atoms in total. The summed E-state index contributed by atoms with van der Waals surface area (Å²) in [6.07, 6.45) is 0.737. The minimum Gasteiger partial charge on any atom is -0.490 e. The summed E-state index contributed by atoms with van der Waals surface area (Å²) in [6.45, 7) is 2.16. The number of amides is 1. The number of hydrogen-bond donors (Lipinski definition) is 0. The molecule has 2 aromatic carbocycles. The number of anilines is 1. The van der Waals surface area contributed by atoms with Crippen LogP contribution in [0.15, 0.2) is 48.5 Å². The molecule has 0 heterocycles. The zero-order valence-corrected chi connectivity index (χ0v) is 13.2. The summed E-state index contributed by atoms with van der Waals surface area (Å²) in [7, 11) is 1.69. The lowest BCUT2D eigenvalue weighted by molar-refractivity contribution is -0.120. The number of ether oxygens (including phenoxy) is 2. The number of nitrogens with zero attached hydrogens (tertiary/aromatic N) is 1. The number of para-hydroxylation sites is 1. The van der Waals surface area contributed by atoms with Gasteiger partial charge in [-0.25, -0.2) is 0 Å². The van der Waals surface area contributed by atoms with E-state index in [1.807, 2.05) is 37.3 Å². The van der Waals surface area contributed by atoms with Crippen molar-refractivity contribution in [3.63, 3.8) is 0 Å². The van der Waals surface area contributed by atoms with Crippen LogP contribution in [-0.4, -0.2) is 32.5 Å². The van der Waals surface area contributed by atoms with Crippen LogP contribution in [0.2, 0.25) is 0 Å². The van der Waals surface area contributed by atoms with Crippen LogP contribution in [0, 0.1) is 0 Å². The molecule has 2 aromatic rings. The first kappa shape index (κ1) is 16.5. The van der Waals surface area contributed by atoms with Gasteiger partial charge in [0.05, 0.1) is 6.61 Å². The zero-order valence-electron chi connectivity index (χ0n) is 13.2. The standard InChI is InChI=1S/C18H19NO4/c1-3-22-17-11-14(12-20)9-10-16(17)23-13-18(21)19(2)15-7-5-4-6-8-15/h4-12H,3,13H2,1-2H3. The summed E-state index contributed by atoms with van der Waals surface area (Å²) in [5.74, 6) is 0.706. The number of likely N-dealkylation sites (N-methyl/N-ethyl adjacent to an activating group) is 1. The molecule has 0 atom stereocenters. The highest BCUT2D eigenvalue weighted by Crippen LogP contribution is 2.28. The maximum Gasteiger partial charge on any atom is 0.264 e. The second-order valence-corrected chi connectivity index (χ2v) is 4.83. The van der Waals surface area contributed by atoms with E-state index in [0.29, 0.717) is 23.7 Å². The second kappa shape index (κ2) is 7.98. The van der Waals surface area contributed by atoms with E-state index in [1.54, 1.807) is 25.2 Å². The molecule has 0 aliphatic rings. The van der Waals surface area contributed by atoms with Crippen molar-refractivity contribution in [2.45, 2.75) is 6.92 Å². The Morgan fingerprint density at radius 2 is 1.83 bits per heavy atom. The Labute approximate surface area is 135 Å². The molecule has 1 amide bonds. The van der Waals surface area contributed by atoms with E-state index in [9.17, 15) is 9.59 Å². The predicted octanol–water partition coefficient (Wildman–Crippen LogP) is 2.94. The molecule has 2 rings (SSSR count). The first-order valence-electron chi connectivity index (χ1n) is 7.32. The fourth-order valence-corrected chi connectivity index (χ4v) is 2.02. The molecular weight excluding hydrogens is 294 g/mol. The van der Waals surface area contributed by atoms with E-state index in [4.69, 9.17) is 9.47 Å². The maximum atomic E-state index is 12.2. The summed E-state index contributed by atoms with van der Waals surface area (Å²) < 4.78 is 11.0. The third-order valence-corrected chi connectivity index (χ3v) is 3.27. The number of rotatable bonds is 7. The van der Waals surface area contributed by atoms with Gasteiger partial charge in [0.2, 0.25) is 0 Å². The molecule has 0 saturated carbocycles. The summed E-state index contributed by atoms with van der Waals surface area (Å²) in [6, 6.07) is 14.2. The van der Waals surface area contributed by atoms with Gasteiger partial charge in [-0.2, -0.15) is 0 Å². The minimum atomic E-state index is -0.182. The lowest BCUT2D eigenvalue weighted by Gasteiger charge is -2.18. The van der Waals surface area contributed by atoms with Crippen LogP contribution in [0.1, 0.15) is 17.3 Å². The van der Waals surface area contributed by atoms with Gasteiger partial charge in [0.25, 0.3) is 5.91 Å². The molecule has 0 fully saturated rings. The molecule has 0 aromatic heterocycles. The Morgan fingerprint density at radius 3 is 2.48 bits per heavy atom. The fraction of sp³-hybridized carbons (Fsp3) is 0.222. The van der Waals surface area contributed by atoms with E-state index >= 15 is 0 Å². The third-order valence-electron chi connectivity index (χ3n) is 3.27. The Morgan fingerprint density at radius 1 is 1.09 bits per heavy atom. The maximum absolute atomic E-state index is 12.2. The minimum absolute atomic E-state index is 0.119. The van der Waals surface area contributed by atoms with E-state index in [2.05, 4.69) is 0 Å². The lowest BCUT2D eigenvalue weighted by Crippen LogP contribution is -2.31. The Kier molecular flexibility index (Phi) is 5.74. The fourth-order valence-electron chi connectivity index (χ4n) is 2.02. The second-order valence-electron chi connectivity index (χ2n) is 4.83. The molecule has 0 N–H and O–H groups in total. The molecular formula is C18H19NO4. The van der Waals surface area contributed by atoms with Gasteiger partial charge < -0.3 is 14.4 Å². The van der Waals surface area contributed by atoms with Crippen LogP contribution in [0.25, 0.3) is 0 Å². The van der Waals surface area contributed by atoms with Gasteiger partial charge in [-0.05, 0) is 37.3 Å². The van der Waals surface area contributed by atoms with Crippen molar-refractivity contribution in [1.29, 1.82) is 0 Å². The van der Waals surface area contributed by atoms with Crippen molar-refractivity contribution in [1.82, 2.24) is 0 Å². The average molecular weight is 313 g/mol. The van der Waals surface area contributed by atoms with Crippen LogP contribution < -0.4 is 14.4 Å². The lowest BCUT2D eigenvalue weighted by atomic mass is 10.2. The van der Waals surface area contributed by atoms with E-state index in [-0.39, 0.29) is 12.5 Å². The monoisotopic (exact) mass is 313 g/mol. The molecule has 0 spiro atoms. The van der Waals surface area contributed by atoms with Crippen LogP contribution in [-0.2, 0) is 4.79 Å². The first-order chi connectivity index (χ1) is 11.2. The highest BCUT2D eigenvalue weighted by Gasteiger charge is 2.13. The smallest absolute Gasteiger partial charge is 0.264 e.